The fourth-order valence-corrected chi connectivity index (χ4v) is 3.21. The third kappa shape index (κ3) is 4.38. The van der Waals surface area contributed by atoms with Gasteiger partial charge in [-0.2, -0.15) is 4.98 Å². The molecule has 3 heterocycles. The van der Waals surface area contributed by atoms with Crippen molar-refractivity contribution in [3.8, 4) is 5.88 Å². The van der Waals surface area contributed by atoms with Gasteiger partial charge in [-0.3, -0.25) is 9.59 Å². The van der Waals surface area contributed by atoms with Crippen molar-refractivity contribution in [1.82, 2.24) is 20.4 Å². The zero-order valence-corrected chi connectivity index (χ0v) is 16.9. The topological polar surface area (TPSA) is 110 Å². The van der Waals surface area contributed by atoms with Gasteiger partial charge in [0.05, 0.1) is 24.4 Å². The Balaban J connectivity index is 1.60. The lowest BCUT2D eigenvalue weighted by atomic mass is 10.0. The second-order valence-electron chi connectivity index (χ2n) is 8.20. The van der Waals surface area contributed by atoms with Crippen molar-refractivity contribution in [2.75, 3.05) is 24.6 Å². The lowest BCUT2D eigenvalue weighted by Gasteiger charge is -2.25. The number of amides is 1. The zero-order valence-electron chi connectivity index (χ0n) is 16.9. The fourth-order valence-electron chi connectivity index (χ4n) is 3.21. The standard InChI is InChI=1S/C20H25N5O4/c1-12-21-19(24-29-12)20(2,3)23-18(27)17-15(25-9-8-14(26)10-25)6-7-16(22-17)28-11-13-4-5-13/h6-7,13H,4-5,8-11H2,1-3H3,(H,23,27). The van der Waals surface area contributed by atoms with Crippen molar-refractivity contribution in [3.05, 3.63) is 29.5 Å². The molecule has 2 aromatic heterocycles. The summed E-state index contributed by atoms with van der Waals surface area (Å²) in [5, 5.41) is 6.84. The monoisotopic (exact) mass is 399 g/mol. The normalized spacial score (nSPS) is 16.9. The first-order chi connectivity index (χ1) is 13.8. The molecule has 9 nitrogen and oxygen atoms in total. The summed E-state index contributed by atoms with van der Waals surface area (Å²) < 4.78 is 10.8. The van der Waals surface area contributed by atoms with Crippen LogP contribution in [0.4, 0.5) is 5.69 Å². The molecule has 1 aliphatic carbocycles. The second kappa shape index (κ2) is 7.46. The number of nitrogens with zero attached hydrogens (tertiary/aromatic N) is 4. The number of carbonyl (C=O) groups excluding carboxylic acids is 2. The summed E-state index contributed by atoms with van der Waals surface area (Å²) in [7, 11) is 0. The lowest BCUT2D eigenvalue weighted by molar-refractivity contribution is -0.116. The molecular weight excluding hydrogens is 374 g/mol. The number of carbonyl (C=O) groups is 2. The van der Waals surface area contributed by atoms with E-state index in [2.05, 4.69) is 20.4 Å². The van der Waals surface area contributed by atoms with E-state index in [1.54, 1.807) is 32.9 Å². The molecule has 0 aromatic carbocycles. The van der Waals surface area contributed by atoms with Gasteiger partial charge in [-0.15, -0.1) is 0 Å². The van der Waals surface area contributed by atoms with Gasteiger partial charge in [0.2, 0.25) is 11.8 Å². The molecule has 4 rings (SSSR count). The van der Waals surface area contributed by atoms with Crippen LogP contribution in [0.2, 0.25) is 0 Å². The Bertz CT molecular complexity index is 935. The largest absolute Gasteiger partial charge is 0.477 e. The number of aromatic nitrogens is 3. The van der Waals surface area contributed by atoms with Gasteiger partial charge in [-0.1, -0.05) is 5.16 Å². The van der Waals surface area contributed by atoms with Crippen LogP contribution in [-0.4, -0.2) is 46.5 Å². The van der Waals surface area contributed by atoms with Gasteiger partial charge in [-0.25, -0.2) is 4.98 Å². The Hall–Kier alpha value is -2.97. The molecule has 1 amide bonds. The zero-order chi connectivity index (χ0) is 20.6. The van der Waals surface area contributed by atoms with Crippen LogP contribution in [0.15, 0.2) is 16.7 Å². The molecule has 1 N–H and O–H groups in total. The number of hydrogen-bond donors (Lipinski definition) is 1. The minimum absolute atomic E-state index is 0.146. The average molecular weight is 399 g/mol. The maximum absolute atomic E-state index is 13.2. The van der Waals surface area contributed by atoms with Crippen LogP contribution < -0.4 is 15.0 Å². The number of anilines is 1. The van der Waals surface area contributed by atoms with E-state index in [1.807, 2.05) is 4.90 Å². The molecule has 0 bridgehead atoms. The third-order valence-corrected chi connectivity index (χ3v) is 5.11. The summed E-state index contributed by atoms with van der Waals surface area (Å²) in [6.45, 7) is 6.72. The van der Waals surface area contributed by atoms with E-state index in [0.717, 1.165) is 0 Å². The van der Waals surface area contributed by atoms with Crippen LogP contribution in [-0.2, 0) is 10.3 Å². The summed E-state index contributed by atoms with van der Waals surface area (Å²) in [6.07, 6.45) is 2.80. The molecule has 2 fully saturated rings. The van der Waals surface area contributed by atoms with E-state index in [-0.39, 0.29) is 23.9 Å². The first kappa shape index (κ1) is 19.4. The fraction of sp³-hybridized carbons (Fsp3) is 0.550. The highest BCUT2D eigenvalue weighted by molar-refractivity contribution is 5.99. The molecule has 1 aliphatic heterocycles. The van der Waals surface area contributed by atoms with E-state index >= 15 is 0 Å². The van der Waals surface area contributed by atoms with E-state index in [1.165, 1.54) is 12.8 Å². The molecule has 2 aliphatic rings. The Morgan fingerprint density at radius 2 is 2.14 bits per heavy atom. The Labute approximate surface area is 168 Å². The number of aryl methyl sites for hydroxylation is 1. The summed E-state index contributed by atoms with van der Waals surface area (Å²) >= 11 is 0. The van der Waals surface area contributed by atoms with Gasteiger partial charge in [0.25, 0.3) is 5.91 Å². The molecule has 0 unspecified atom stereocenters. The Morgan fingerprint density at radius 3 is 2.76 bits per heavy atom. The second-order valence-corrected chi connectivity index (χ2v) is 8.20. The molecular formula is C20H25N5O4. The molecule has 0 spiro atoms. The third-order valence-electron chi connectivity index (χ3n) is 5.11. The number of nitrogens with one attached hydrogen (secondary N) is 1. The lowest BCUT2D eigenvalue weighted by Crippen LogP contribution is -2.42. The van der Waals surface area contributed by atoms with Gasteiger partial charge >= 0.3 is 0 Å². The molecule has 1 saturated heterocycles. The van der Waals surface area contributed by atoms with Gasteiger partial charge in [0, 0.05) is 26.0 Å². The Kier molecular flexibility index (Phi) is 4.97. The summed E-state index contributed by atoms with van der Waals surface area (Å²) in [4.78, 5) is 35.5. The summed E-state index contributed by atoms with van der Waals surface area (Å²) in [5.74, 6) is 1.54. The highest BCUT2D eigenvalue weighted by atomic mass is 16.5. The number of Topliss-reactive ketones (excluding diaryl/α,β-unsaturated/α-hetero) is 1. The van der Waals surface area contributed by atoms with Gasteiger partial charge in [0.1, 0.15) is 0 Å². The maximum atomic E-state index is 13.2. The molecule has 154 valence electrons. The molecule has 0 radical (unpaired) electrons. The van der Waals surface area contributed by atoms with Crippen molar-refractivity contribution < 1.29 is 18.8 Å². The van der Waals surface area contributed by atoms with Gasteiger partial charge < -0.3 is 19.5 Å². The Morgan fingerprint density at radius 1 is 1.34 bits per heavy atom. The van der Waals surface area contributed by atoms with E-state index in [4.69, 9.17) is 9.26 Å². The number of ketones is 1. The van der Waals surface area contributed by atoms with Crippen molar-refractivity contribution in [2.24, 2.45) is 5.92 Å². The number of rotatable bonds is 7. The summed E-state index contributed by atoms with van der Waals surface area (Å²) in [6, 6.07) is 3.55. The van der Waals surface area contributed by atoms with Crippen molar-refractivity contribution in [2.45, 2.75) is 45.6 Å². The van der Waals surface area contributed by atoms with E-state index in [9.17, 15) is 9.59 Å². The van der Waals surface area contributed by atoms with E-state index < -0.39 is 5.54 Å². The molecule has 29 heavy (non-hydrogen) atoms. The number of ether oxygens (including phenoxy) is 1. The molecule has 0 atom stereocenters. The van der Waals surface area contributed by atoms with Crippen molar-refractivity contribution in [1.29, 1.82) is 0 Å². The quantitative estimate of drug-likeness (QED) is 0.753. The molecule has 9 heteroatoms. The predicted molar refractivity (Wildman–Crippen MR) is 104 cm³/mol. The maximum Gasteiger partial charge on any atom is 0.272 e. The van der Waals surface area contributed by atoms with Gasteiger partial charge in [-0.05, 0) is 38.7 Å². The smallest absolute Gasteiger partial charge is 0.272 e. The SMILES string of the molecule is Cc1nc(C(C)(C)NC(=O)c2nc(OCC3CC3)ccc2N2CCC(=O)C2)no1. The van der Waals surface area contributed by atoms with Crippen LogP contribution in [0.3, 0.4) is 0 Å². The average Bonchev–Trinajstić information content (AvgIpc) is 3.24. The van der Waals surface area contributed by atoms with Crippen LogP contribution in [0, 0.1) is 12.8 Å². The first-order valence-electron chi connectivity index (χ1n) is 9.85. The van der Waals surface area contributed by atoms with E-state index in [0.29, 0.717) is 48.8 Å². The highest BCUT2D eigenvalue weighted by Crippen LogP contribution is 2.30. The number of pyridine rings is 1. The van der Waals surface area contributed by atoms with Crippen LogP contribution in [0.5, 0.6) is 5.88 Å². The predicted octanol–water partition coefficient (Wildman–Crippen LogP) is 2.01. The minimum atomic E-state index is -0.862. The first-order valence-corrected chi connectivity index (χ1v) is 9.85. The minimum Gasteiger partial charge on any atom is -0.477 e. The van der Waals surface area contributed by atoms with Crippen molar-refractivity contribution in [3.63, 3.8) is 0 Å². The summed E-state index contributed by atoms with van der Waals surface area (Å²) in [5.41, 5.74) is -0.0204. The molecule has 1 saturated carbocycles. The van der Waals surface area contributed by atoms with Crippen LogP contribution in [0.1, 0.15) is 55.3 Å². The van der Waals surface area contributed by atoms with Gasteiger partial charge in [0.15, 0.2) is 17.3 Å². The number of hydrogen-bond acceptors (Lipinski definition) is 8. The van der Waals surface area contributed by atoms with Crippen LogP contribution >= 0.6 is 0 Å². The van der Waals surface area contributed by atoms with Crippen LogP contribution in [0.25, 0.3) is 0 Å². The molecule has 2 aromatic rings. The van der Waals surface area contributed by atoms with Crippen molar-refractivity contribution >= 4 is 17.4 Å². The highest BCUT2D eigenvalue weighted by Gasteiger charge is 2.32.